The van der Waals surface area contributed by atoms with Gasteiger partial charge in [0.15, 0.2) is 0 Å². The van der Waals surface area contributed by atoms with Crippen molar-refractivity contribution in [1.29, 1.82) is 0 Å². The summed E-state index contributed by atoms with van der Waals surface area (Å²) < 4.78 is 4.47. The number of nitrogens with zero attached hydrogens (tertiary/aromatic N) is 1. The maximum absolute atomic E-state index is 8.99. The summed E-state index contributed by atoms with van der Waals surface area (Å²) in [5.41, 5.74) is 5.77. The highest BCUT2D eigenvalue weighted by Crippen LogP contribution is 2.07. The monoisotopic (exact) mass is 128 g/mol. The van der Waals surface area contributed by atoms with E-state index in [0.717, 1.165) is 0 Å². The minimum atomic E-state index is -0.642. The summed E-state index contributed by atoms with van der Waals surface area (Å²) in [5.74, 6) is 0. The van der Waals surface area contributed by atoms with Crippen LogP contribution < -0.4 is 5.73 Å². The summed E-state index contributed by atoms with van der Waals surface area (Å²) in [6.07, 6.45) is 2.17. The van der Waals surface area contributed by atoms with Gasteiger partial charge >= 0.3 is 0 Å². The summed E-state index contributed by atoms with van der Waals surface area (Å²) in [7, 11) is 0. The lowest BCUT2D eigenvalue weighted by atomic mass is 10.2. The smallest absolute Gasteiger partial charge is 0.129 e. The lowest BCUT2D eigenvalue weighted by Gasteiger charge is -1.99. The molecular weight excluding hydrogens is 120 g/mol. The second-order valence-electron chi connectivity index (χ2n) is 1.71. The van der Waals surface area contributed by atoms with Gasteiger partial charge in [0.2, 0.25) is 0 Å². The SMILES string of the molecule is NCC(O)c1cnoc1. The summed E-state index contributed by atoms with van der Waals surface area (Å²) in [4.78, 5) is 0. The third-order valence-corrected chi connectivity index (χ3v) is 1.06. The molecule has 0 radical (unpaired) electrons. The molecule has 4 nitrogen and oxygen atoms in total. The molecule has 1 aromatic heterocycles. The zero-order valence-electron chi connectivity index (χ0n) is 4.82. The molecule has 0 spiro atoms. The molecule has 0 aliphatic heterocycles. The van der Waals surface area contributed by atoms with Crippen LogP contribution in [0.4, 0.5) is 0 Å². The van der Waals surface area contributed by atoms with E-state index >= 15 is 0 Å². The van der Waals surface area contributed by atoms with Crippen molar-refractivity contribution in [2.24, 2.45) is 5.73 Å². The van der Waals surface area contributed by atoms with Gasteiger partial charge in [-0.25, -0.2) is 0 Å². The summed E-state index contributed by atoms with van der Waals surface area (Å²) in [5, 5.41) is 12.4. The molecule has 1 unspecified atom stereocenters. The summed E-state index contributed by atoms with van der Waals surface area (Å²) >= 11 is 0. The second kappa shape index (κ2) is 2.61. The molecule has 0 aliphatic carbocycles. The average molecular weight is 128 g/mol. The first-order chi connectivity index (χ1) is 4.34. The minimum absolute atomic E-state index is 0.196. The lowest BCUT2D eigenvalue weighted by Crippen LogP contribution is -2.10. The second-order valence-corrected chi connectivity index (χ2v) is 1.71. The van der Waals surface area contributed by atoms with Crippen LogP contribution in [0.5, 0.6) is 0 Å². The highest BCUT2D eigenvalue weighted by Gasteiger charge is 2.05. The molecule has 0 saturated heterocycles. The van der Waals surface area contributed by atoms with Gasteiger partial charge in [-0.05, 0) is 0 Å². The Balaban J connectivity index is 2.65. The number of nitrogens with two attached hydrogens (primary N) is 1. The number of rotatable bonds is 2. The zero-order valence-corrected chi connectivity index (χ0v) is 4.82. The maximum atomic E-state index is 8.99. The molecule has 0 fully saturated rings. The van der Waals surface area contributed by atoms with Crippen molar-refractivity contribution >= 4 is 0 Å². The number of aliphatic hydroxyl groups excluding tert-OH is 1. The Kier molecular flexibility index (Phi) is 1.81. The van der Waals surface area contributed by atoms with Crippen LogP contribution in [0.1, 0.15) is 11.7 Å². The molecule has 0 bridgehead atoms. The standard InChI is InChI=1S/C5H8N2O2/c6-1-5(8)4-2-7-9-3-4/h2-3,5,8H,1,6H2. The van der Waals surface area contributed by atoms with Crippen LogP contribution in [-0.2, 0) is 0 Å². The number of hydrogen-bond donors (Lipinski definition) is 2. The Morgan fingerprint density at radius 1 is 1.89 bits per heavy atom. The molecule has 0 aliphatic rings. The first-order valence-corrected chi connectivity index (χ1v) is 2.62. The van der Waals surface area contributed by atoms with Gasteiger partial charge < -0.3 is 15.4 Å². The molecule has 0 aromatic carbocycles. The third kappa shape index (κ3) is 1.28. The Morgan fingerprint density at radius 2 is 2.67 bits per heavy atom. The van der Waals surface area contributed by atoms with Gasteiger partial charge in [0.25, 0.3) is 0 Å². The van der Waals surface area contributed by atoms with Crippen molar-refractivity contribution < 1.29 is 9.63 Å². The molecule has 4 heteroatoms. The number of aliphatic hydroxyl groups is 1. The van der Waals surface area contributed by atoms with E-state index in [1.165, 1.54) is 12.5 Å². The molecule has 1 atom stereocenters. The van der Waals surface area contributed by atoms with Gasteiger partial charge in [-0.1, -0.05) is 5.16 Å². The Hall–Kier alpha value is -0.870. The van der Waals surface area contributed by atoms with Crippen LogP contribution in [0.2, 0.25) is 0 Å². The number of aromatic nitrogens is 1. The van der Waals surface area contributed by atoms with Crippen molar-refractivity contribution in [3.05, 3.63) is 18.0 Å². The van der Waals surface area contributed by atoms with Crippen molar-refractivity contribution in [2.45, 2.75) is 6.10 Å². The average Bonchev–Trinajstić information content (AvgIpc) is 2.37. The van der Waals surface area contributed by atoms with Crippen molar-refractivity contribution in [1.82, 2.24) is 5.16 Å². The predicted octanol–water partition coefficient (Wildman–Crippen LogP) is -0.333. The molecule has 0 amide bonds. The molecule has 0 saturated carbocycles. The van der Waals surface area contributed by atoms with Crippen molar-refractivity contribution in [2.75, 3.05) is 6.54 Å². The van der Waals surface area contributed by atoms with E-state index in [1.807, 2.05) is 0 Å². The van der Waals surface area contributed by atoms with Crippen LogP contribution in [0.3, 0.4) is 0 Å². The Bertz CT molecular complexity index is 161. The van der Waals surface area contributed by atoms with E-state index in [-0.39, 0.29) is 6.54 Å². The van der Waals surface area contributed by atoms with Crippen LogP contribution in [0.15, 0.2) is 17.0 Å². The molecule has 1 rings (SSSR count). The summed E-state index contributed by atoms with van der Waals surface area (Å²) in [6, 6.07) is 0. The highest BCUT2D eigenvalue weighted by molar-refractivity contribution is 5.04. The van der Waals surface area contributed by atoms with Crippen LogP contribution in [0.25, 0.3) is 0 Å². The van der Waals surface area contributed by atoms with Crippen molar-refractivity contribution in [3.63, 3.8) is 0 Å². The molecule has 1 heterocycles. The zero-order chi connectivity index (χ0) is 6.69. The topological polar surface area (TPSA) is 72.3 Å². The van der Waals surface area contributed by atoms with Crippen LogP contribution >= 0.6 is 0 Å². The highest BCUT2D eigenvalue weighted by atomic mass is 16.5. The molecular formula is C5H8N2O2. The van der Waals surface area contributed by atoms with Crippen LogP contribution in [-0.4, -0.2) is 16.8 Å². The van der Waals surface area contributed by atoms with Gasteiger partial charge in [0.05, 0.1) is 12.3 Å². The fraction of sp³-hybridized carbons (Fsp3) is 0.400. The fourth-order valence-corrected chi connectivity index (χ4v) is 0.514. The first-order valence-electron chi connectivity index (χ1n) is 2.62. The van der Waals surface area contributed by atoms with E-state index < -0.39 is 6.10 Å². The van der Waals surface area contributed by atoms with E-state index in [1.54, 1.807) is 0 Å². The predicted molar refractivity (Wildman–Crippen MR) is 30.5 cm³/mol. The largest absolute Gasteiger partial charge is 0.387 e. The maximum Gasteiger partial charge on any atom is 0.129 e. The molecule has 1 aromatic rings. The first kappa shape index (κ1) is 6.25. The molecule has 3 N–H and O–H groups in total. The van der Waals surface area contributed by atoms with E-state index in [9.17, 15) is 0 Å². The van der Waals surface area contributed by atoms with Gasteiger partial charge in [0, 0.05) is 12.1 Å². The lowest BCUT2D eigenvalue weighted by molar-refractivity contribution is 0.186. The van der Waals surface area contributed by atoms with Crippen LogP contribution in [0, 0.1) is 0 Å². The fourth-order valence-electron chi connectivity index (χ4n) is 0.514. The quantitative estimate of drug-likeness (QED) is 0.571. The Labute approximate surface area is 52.3 Å². The molecule has 9 heavy (non-hydrogen) atoms. The normalized spacial score (nSPS) is 13.6. The third-order valence-electron chi connectivity index (χ3n) is 1.06. The van der Waals surface area contributed by atoms with Gasteiger partial charge in [-0.3, -0.25) is 0 Å². The Morgan fingerprint density at radius 3 is 3.11 bits per heavy atom. The van der Waals surface area contributed by atoms with E-state index in [4.69, 9.17) is 10.8 Å². The molecule has 50 valence electrons. The van der Waals surface area contributed by atoms with E-state index in [2.05, 4.69) is 9.68 Å². The van der Waals surface area contributed by atoms with Gasteiger partial charge in [-0.2, -0.15) is 0 Å². The van der Waals surface area contributed by atoms with Crippen molar-refractivity contribution in [3.8, 4) is 0 Å². The van der Waals surface area contributed by atoms with Gasteiger partial charge in [0.1, 0.15) is 6.26 Å². The number of hydrogen-bond acceptors (Lipinski definition) is 4. The van der Waals surface area contributed by atoms with E-state index in [0.29, 0.717) is 5.56 Å². The minimum Gasteiger partial charge on any atom is -0.387 e. The van der Waals surface area contributed by atoms with Gasteiger partial charge in [-0.15, -0.1) is 0 Å². The summed E-state index contributed by atoms with van der Waals surface area (Å²) in [6.45, 7) is 0.196.